The first-order valence-electron chi connectivity index (χ1n) is 6.64. The first-order valence-corrected chi connectivity index (χ1v) is 6.64. The summed E-state index contributed by atoms with van der Waals surface area (Å²) < 4.78 is 2.13. The van der Waals surface area contributed by atoms with Gasteiger partial charge in [0.25, 0.3) is 5.91 Å². The Labute approximate surface area is 113 Å². The molecular weight excluding hydrogens is 238 g/mol. The Balaban J connectivity index is 1.74. The van der Waals surface area contributed by atoms with Crippen molar-refractivity contribution in [3.63, 3.8) is 0 Å². The summed E-state index contributed by atoms with van der Waals surface area (Å²) in [5.41, 5.74) is 0.708. The summed E-state index contributed by atoms with van der Waals surface area (Å²) in [5.74, 6) is 1.08. The highest BCUT2D eigenvalue weighted by atomic mass is 16.1. The molecule has 1 amide bonds. The van der Waals surface area contributed by atoms with Gasteiger partial charge >= 0.3 is 0 Å². The summed E-state index contributed by atoms with van der Waals surface area (Å²) in [6.07, 6.45) is 5.64. The van der Waals surface area contributed by atoms with E-state index >= 15 is 0 Å². The highest BCUT2D eigenvalue weighted by Crippen LogP contribution is 2.01. The van der Waals surface area contributed by atoms with Crippen LogP contribution in [0.3, 0.4) is 0 Å². The molecule has 0 unspecified atom stereocenters. The number of hydrogen-bond acceptors (Lipinski definition) is 2. The summed E-state index contributed by atoms with van der Waals surface area (Å²) in [6.45, 7) is 3.66. The van der Waals surface area contributed by atoms with Gasteiger partial charge in [0, 0.05) is 37.5 Å². The zero-order valence-electron chi connectivity index (χ0n) is 11.2. The summed E-state index contributed by atoms with van der Waals surface area (Å²) in [6, 6.07) is 9.28. The van der Waals surface area contributed by atoms with Crippen molar-refractivity contribution in [2.45, 2.75) is 26.3 Å². The van der Waals surface area contributed by atoms with Crippen LogP contribution in [-0.4, -0.2) is 22.0 Å². The van der Waals surface area contributed by atoms with Gasteiger partial charge in [0.2, 0.25) is 0 Å². The van der Waals surface area contributed by atoms with Crippen LogP contribution >= 0.6 is 0 Å². The zero-order chi connectivity index (χ0) is 13.5. The van der Waals surface area contributed by atoms with Crippen molar-refractivity contribution in [3.8, 4) is 0 Å². The molecule has 0 bridgehead atoms. The molecule has 2 rings (SSSR count). The Bertz CT molecular complexity index is 519. The molecule has 0 saturated carbocycles. The zero-order valence-corrected chi connectivity index (χ0v) is 11.2. The van der Waals surface area contributed by atoms with Gasteiger partial charge < -0.3 is 9.88 Å². The predicted molar refractivity (Wildman–Crippen MR) is 75.0 cm³/mol. The van der Waals surface area contributed by atoms with E-state index in [1.807, 2.05) is 42.7 Å². The van der Waals surface area contributed by atoms with Crippen LogP contribution in [-0.2, 0) is 13.0 Å². The number of nitrogens with one attached hydrogen (secondary N) is 1. The molecule has 0 aliphatic heterocycles. The van der Waals surface area contributed by atoms with E-state index in [0.29, 0.717) is 12.1 Å². The lowest BCUT2D eigenvalue weighted by atomic mass is 10.2. The van der Waals surface area contributed by atoms with E-state index in [0.717, 1.165) is 25.2 Å². The molecule has 0 radical (unpaired) electrons. The van der Waals surface area contributed by atoms with Crippen molar-refractivity contribution in [1.82, 2.24) is 14.9 Å². The van der Waals surface area contributed by atoms with Gasteiger partial charge in [-0.15, -0.1) is 0 Å². The van der Waals surface area contributed by atoms with Crippen LogP contribution in [0, 0.1) is 0 Å². The molecule has 0 aliphatic carbocycles. The Hall–Kier alpha value is -2.10. The average molecular weight is 257 g/mol. The number of hydrogen-bond donors (Lipinski definition) is 1. The highest BCUT2D eigenvalue weighted by Gasteiger charge is 2.03. The number of imidazole rings is 1. The number of aryl methyl sites for hydroxylation is 2. The Morgan fingerprint density at radius 2 is 2.11 bits per heavy atom. The van der Waals surface area contributed by atoms with E-state index in [1.165, 1.54) is 0 Å². The Morgan fingerprint density at radius 1 is 1.32 bits per heavy atom. The lowest BCUT2D eigenvalue weighted by molar-refractivity contribution is 0.0952. The minimum atomic E-state index is -0.0121. The topological polar surface area (TPSA) is 46.9 Å². The maximum absolute atomic E-state index is 11.8. The molecule has 1 heterocycles. The van der Waals surface area contributed by atoms with Crippen LogP contribution in [0.25, 0.3) is 0 Å². The standard InChI is InChI=1S/C15H19N3O/c1-2-14-16-10-12-18(14)11-6-9-17-15(19)13-7-4-3-5-8-13/h3-5,7-8,10,12H,2,6,9,11H2,1H3,(H,17,19). The molecule has 0 aliphatic rings. The van der Waals surface area contributed by atoms with Gasteiger partial charge in [-0.1, -0.05) is 25.1 Å². The second kappa shape index (κ2) is 6.73. The van der Waals surface area contributed by atoms with Crippen LogP contribution in [0.5, 0.6) is 0 Å². The van der Waals surface area contributed by atoms with Crippen molar-refractivity contribution >= 4 is 5.91 Å². The maximum Gasteiger partial charge on any atom is 0.251 e. The van der Waals surface area contributed by atoms with Gasteiger partial charge in [-0.2, -0.15) is 0 Å². The molecule has 1 N–H and O–H groups in total. The first-order chi connectivity index (χ1) is 9.31. The van der Waals surface area contributed by atoms with Crippen LogP contribution in [0.15, 0.2) is 42.7 Å². The Kier molecular flexibility index (Phi) is 4.72. The van der Waals surface area contributed by atoms with Gasteiger partial charge in [-0.3, -0.25) is 4.79 Å². The molecular formula is C15H19N3O. The minimum absolute atomic E-state index is 0.0121. The monoisotopic (exact) mass is 257 g/mol. The molecule has 4 nitrogen and oxygen atoms in total. The number of benzene rings is 1. The molecule has 2 aromatic rings. The van der Waals surface area contributed by atoms with E-state index < -0.39 is 0 Å². The predicted octanol–water partition coefficient (Wildman–Crippen LogP) is 2.27. The molecule has 0 saturated heterocycles. The largest absolute Gasteiger partial charge is 0.352 e. The third-order valence-electron chi connectivity index (χ3n) is 3.02. The van der Waals surface area contributed by atoms with Crippen molar-refractivity contribution in [1.29, 1.82) is 0 Å². The quantitative estimate of drug-likeness (QED) is 0.807. The molecule has 1 aromatic carbocycles. The fraction of sp³-hybridized carbons (Fsp3) is 0.333. The van der Waals surface area contributed by atoms with E-state index in [-0.39, 0.29) is 5.91 Å². The van der Waals surface area contributed by atoms with Crippen LogP contribution < -0.4 is 5.32 Å². The van der Waals surface area contributed by atoms with Gasteiger partial charge in [-0.05, 0) is 18.6 Å². The van der Waals surface area contributed by atoms with E-state index in [2.05, 4.69) is 21.8 Å². The van der Waals surface area contributed by atoms with Gasteiger partial charge in [0.1, 0.15) is 5.82 Å². The number of nitrogens with zero attached hydrogens (tertiary/aromatic N) is 2. The molecule has 0 fully saturated rings. The normalized spacial score (nSPS) is 10.4. The summed E-state index contributed by atoms with van der Waals surface area (Å²) in [7, 11) is 0. The molecule has 4 heteroatoms. The third-order valence-corrected chi connectivity index (χ3v) is 3.02. The summed E-state index contributed by atoms with van der Waals surface area (Å²) >= 11 is 0. The molecule has 100 valence electrons. The minimum Gasteiger partial charge on any atom is -0.352 e. The fourth-order valence-corrected chi connectivity index (χ4v) is 2.00. The number of rotatable bonds is 6. The van der Waals surface area contributed by atoms with Crippen molar-refractivity contribution < 1.29 is 4.79 Å². The highest BCUT2D eigenvalue weighted by molar-refractivity contribution is 5.94. The molecule has 0 atom stereocenters. The van der Waals surface area contributed by atoms with Crippen molar-refractivity contribution in [2.24, 2.45) is 0 Å². The Morgan fingerprint density at radius 3 is 2.84 bits per heavy atom. The molecule has 0 spiro atoms. The van der Waals surface area contributed by atoms with Gasteiger partial charge in [0.05, 0.1) is 0 Å². The molecule has 19 heavy (non-hydrogen) atoms. The van der Waals surface area contributed by atoms with E-state index in [4.69, 9.17) is 0 Å². The van der Waals surface area contributed by atoms with Gasteiger partial charge in [0.15, 0.2) is 0 Å². The second-order valence-corrected chi connectivity index (χ2v) is 4.37. The van der Waals surface area contributed by atoms with E-state index in [1.54, 1.807) is 0 Å². The van der Waals surface area contributed by atoms with Crippen LogP contribution in [0.4, 0.5) is 0 Å². The number of carbonyl (C=O) groups is 1. The third kappa shape index (κ3) is 3.68. The van der Waals surface area contributed by atoms with Crippen LogP contribution in [0.1, 0.15) is 29.5 Å². The summed E-state index contributed by atoms with van der Waals surface area (Å²) in [4.78, 5) is 16.1. The molecule has 1 aromatic heterocycles. The number of amides is 1. The first kappa shape index (κ1) is 13.3. The van der Waals surface area contributed by atoms with Crippen LogP contribution in [0.2, 0.25) is 0 Å². The average Bonchev–Trinajstić information content (AvgIpc) is 2.91. The second-order valence-electron chi connectivity index (χ2n) is 4.37. The van der Waals surface area contributed by atoms with Gasteiger partial charge in [-0.25, -0.2) is 4.98 Å². The van der Waals surface area contributed by atoms with E-state index in [9.17, 15) is 4.79 Å². The fourth-order valence-electron chi connectivity index (χ4n) is 2.00. The lowest BCUT2D eigenvalue weighted by Gasteiger charge is -2.07. The number of carbonyl (C=O) groups excluding carboxylic acids is 1. The maximum atomic E-state index is 11.8. The SMILES string of the molecule is CCc1nccn1CCCNC(=O)c1ccccc1. The van der Waals surface area contributed by atoms with Crippen molar-refractivity contribution in [2.75, 3.05) is 6.54 Å². The van der Waals surface area contributed by atoms with Crippen molar-refractivity contribution in [3.05, 3.63) is 54.1 Å². The summed E-state index contributed by atoms with van der Waals surface area (Å²) in [5, 5.41) is 2.93. The number of aromatic nitrogens is 2. The smallest absolute Gasteiger partial charge is 0.251 e. The lowest BCUT2D eigenvalue weighted by Crippen LogP contribution is -2.25.